The lowest BCUT2D eigenvalue weighted by Crippen LogP contribution is -2.31. The maximum absolute atomic E-state index is 13.0. The predicted molar refractivity (Wildman–Crippen MR) is 86.3 cm³/mol. The van der Waals surface area contributed by atoms with E-state index in [0.29, 0.717) is 30.6 Å². The lowest BCUT2D eigenvalue weighted by Gasteiger charge is -2.24. The summed E-state index contributed by atoms with van der Waals surface area (Å²) in [6, 6.07) is 14.0. The van der Waals surface area contributed by atoms with Crippen molar-refractivity contribution in [3.8, 4) is 0 Å². The predicted octanol–water partition coefficient (Wildman–Crippen LogP) is 3.02. The van der Waals surface area contributed by atoms with Gasteiger partial charge in [0.15, 0.2) is 0 Å². The van der Waals surface area contributed by atoms with Crippen LogP contribution in [0.4, 0.5) is 5.69 Å². The first kappa shape index (κ1) is 15.1. The van der Waals surface area contributed by atoms with Crippen LogP contribution in [0.3, 0.4) is 0 Å². The minimum absolute atomic E-state index is 0.282. The van der Waals surface area contributed by atoms with Gasteiger partial charge in [0.2, 0.25) is 0 Å². The van der Waals surface area contributed by atoms with Crippen molar-refractivity contribution in [1.82, 2.24) is 0 Å². The zero-order chi connectivity index (χ0) is 15.7. The first-order chi connectivity index (χ1) is 10.5. The molecule has 0 spiro atoms. The normalized spacial score (nSPS) is 18.6. The zero-order valence-corrected chi connectivity index (χ0v) is 13.3. The van der Waals surface area contributed by atoms with E-state index in [1.54, 1.807) is 42.5 Å². The van der Waals surface area contributed by atoms with E-state index in [4.69, 9.17) is 0 Å². The van der Waals surface area contributed by atoms with Crippen molar-refractivity contribution in [1.29, 1.82) is 0 Å². The molecule has 2 aromatic carbocycles. The molecule has 5 heteroatoms. The summed E-state index contributed by atoms with van der Waals surface area (Å²) in [5.74, 6) is 0. The van der Waals surface area contributed by atoms with Crippen LogP contribution in [0.15, 0.2) is 53.4 Å². The Balaban J connectivity index is 2.10. The minimum atomic E-state index is -3.62. The number of aryl methyl sites for hydroxylation is 1. The maximum Gasteiger partial charge on any atom is 0.264 e. The Bertz CT molecular complexity index is 769. The average molecular weight is 317 g/mol. The van der Waals surface area contributed by atoms with Crippen LogP contribution in [0, 0.1) is 6.92 Å². The molecule has 1 atom stereocenters. The molecule has 1 aliphatic rings. The van der Waals surface area contributed by atoms with Gasteiger partial charge in [0.1, 0.15) is 0 Å². The van der Waals surface area contributed by atoms with Gasteiger partial charge in [0, 0.05) is 12.1 Å². The quantitative estimate of drug-likeness (QED) is 0.926. The summed E-state index contributed by atoms with van der Waals surface area (Å²) in [5.41, 5.74) is 2.27. The van der Waals surface area contributed by atoms with E-state index in [2.05, 4.69) is 0 Å². The van der Waals surface area contributed by atoms with Crippen molar-refractivity contribution in [3.05, 3.63) is 59.7 Å². The van der Waals surface area contributed by atoms with Gasteiger partial charge in [0.25, 0.3) is 10.0 Å². The molecular weight excluding hydrogens is 298 g/mol. The molecule has 0 aromatic heterocycles. The number of anilines is 1. The van der Waals surface area contributed by atoms with E-state index in [1.807, 2.05) is 13.0 Å². The molecule has 0 aliphatic carbocycles. The Hall–Kier alpha value is -1.85. The van der Waals surface area contributed by atoms with E-state index in [-0.39, 0.29) is 4.90 Å². The fourth-order valence-electron chi connectivity index (χ4n) is 2.79. The van der Waals surface area contributed by atoms with Gasteiger partial charge >= 0.3 is 0 Å². The highest BCUT2D eigenvalue weighted by Crippen LogP contribution is 2.35. The van der Waals surface area contributed by atoms with Crippen LogP contribution in [0.25, 0.3) is 0 Å². The van der Waals surface area contributed by atoms with Crippen LogP contribution in [0.1, 0.15) is 30.1 Å². The third-order valence-corrected chi connectivity index (χ3v) is 5.84. The molecule has 3 rings (SSSR count). The Labute approximate surface area is 131 Å². The highest BCUT2D eigenvalue weighted by molar-refractivity contribution is 7.92. The summed E-state index contributed by atoms with van der Waals surface area (Å²) in [6.07, 6.45) is 0.576. The van der Waals surface area contributed by atoms with E-state index >= 15 is 0 Å². The Kier molecular flexibility index (Phi) is 3.93. The van der Waals surface area contributed by atoms with E-state index in [0.717, 1.165) is 5.56 Å². The molecule has 22 heavy (non-hydrogen) atoms. The number of sulfonamides is 1. The molecule has 4 nitrogen and oxygen atoms in total. The lowest BCUT2D eigenvalue weighted by atomic mass is 10.1. The third kappa shape index (κ3) is 2.62. The Morgan fingerprint density at radius 3 is 2.50 bits per heavy atom. The molecule has 0 unspecified atom stereocenters. The minimum Gasteiger partial charge on any atom is -0.388 e. The second-order valence-corrected chi connectivity index (χ2v) is 7.47. The highest BCUT2D eigenvalue weighted by atomic mass is 32.2. The van der Waals surface area contributed by atoms with Crippen molar-refractivity contribution >= 4 is 15.7 Å². The zero-order valence-electron chi connectivity index (χ0n) is 12.4. The molecule has 1 N–H and O–H groups in total. The summed E-state index contributed by atoms with van der Waals surface area (Å²) in [7, 11) is -3.62. The Morgan fingerprint density at radius 2 is 1.77 bits per heavy atom. The van der Waals surface area contributed by atoms with Crippen LogP contribution in [-0.2, 0) is 10.0 Å². The number of fused-ring (bicyclic) bond motifs is 1. The van der Waals surface area contributed by atoms with Gasteiger partial charge in [-0.1, -0.05) is 35.9 Å². The lowest BCUT2D eigenvalue weighted by molar-refractivity contribution is 0.168. The van der Waals surface area contributed by atoms with Gasteiger partial charge in [-0.05, 0) is 38.0 Å². The van der Waals surface area contributed by atoms with E-state index in [1.165, 1.54) is 4.31 Å². The first-order valence-electron chi connectivity index (χ1n) is 7.36. The van der Waals surface area contributed by atoms with Crippen LogP contribution in [0.5, 0.6) is 0 Å². The first-order valence-corrected chi connectivity index (χ1v) is 8.80. The van der Waals surface area contributed by atoms with Gasteiger partial charge < -0.3 is 5.11 Å². The van der Waals surface area contributed by atoms with Crippen molar-refractivity contribution in [2.45, 2.75) is 30.8 Å². The van der Waals surface area contributed by atoms with Crippen LogP contribution in [-0.4, -0.2) is 20.1 Å². The summed E-state index contributed by atoms with van der Waals surface area (Å²) >= 11 is 0. The number of benzene rings is 2. The SMILES string of the molecule is Cc1ccc(S(=O)(=O)N2CCC[C@@H](O)c3ccccc32)cc1. The van der Waals surface area contributed by atoms with Crippen LogP contribution in [0.2, 0.25) is 0 Å². The van der Waals surface area contributed by atoms with Gasteiger partial charge in [-0.15, -0.1) is 0 Å². The van der Waals surface area contributed by atoms with Crippen molar-refractivity contribution < 1.29 is 13.5 Å². The number of hydrogen-bond acceptors (Lipinski definition) is 3. The largest absolute Gasteiger partial charge is 0.388 e. The second kappa shape index (κ2) is 5.74. The second-order valence-electron chi connectivity index (χ2n) is 5.61. The van der Waals surface area contributed by atoms with E-state index < -0.39 is 16.1 Å². The molecule has 1 heterocycles. The number of nitrogens with zero attached hydrogens (tertiary/aromatic N) is 1. The topological polar surface area (TPSA) is 57.6 Å². The third-order valence-electron chi connectivity index (χ3n) is 4.01. The molecule has 2 aromatic rings. The molecule has 0 amide bonds. The smallest absolute Gasteiger partial charge is 0.264 e. The number of aliphatic hydroxyl groups is 1. The monoisotopic (exact) mass is 317 g/mol. The molecule has 0 radical (unpaired) electrons. The number of hydrogen-bond donors (Lipinski definition) is 1. The van der Waals surface area contributed by atoms with Crippen molar-refractivity contribution in [3.63, 3.8) is 0 Å². The fraction of sp³-hybridized carbons (Fsp3) is 0.294. The van der Waals surface area contributed by atoms with Gasteiger partial charge in [0.05, 0.1) is 16.7 Å². The Morgan fingerprint density at radius 1 is 1.09 bits per heavy atom. The summed E-state index contributed by atoms with van der Waals surface area (Å²) in [6.45, 7) is 2.30. The van der Waals surface area contributed by atoms with Crippen molar-refractivity contribution in [2.75, 3.05) is 10.8 Å². The molecule has 0 fully saturated rings. The van der Waals surface area contributed by atoms with Gasteiger partial charge in [-0.3, -0.25) is 4.31 Å². The summed E-state index contributed by atoms with van der Waals surface area (Å²) in [4.78, 5) is 0.282. The molecule has 0 saturated heterocycles. The standard InChI is InChI=1S/C17H19NO3S/c1-13-8-10-14(11-9-13)22(20,21)18-12-4-7-17(19)15-5-2-3-6-16(15)18/h2-3,5-6,8-11,17,19H,4,7,12H2,1H3/t17-/m1/s1. The van der Waals surface area contributed by atoms with E-state index in [9.17, 15) is 13.5 Å². The molecule has 1 aliphatic heterocycles. The van der Waals surface area contributed by atoms with Crippen molar-refractivity contribution in [2.24, 2.45) is 0 Å². The van der Waals surface area contributed by atoms with Gasteiger partial charge in [-0.2, -0.15) is 0 Å². The summed E-state index contributed by atoms with van der Waals surface area (Å²) in [5, 5.41) is 10.2. The average Bonchev–Trinajstić information content (AvgIpc) is 2.68. The summed E-state index contributed by atoms with van der Waals surface area (Å²) < 4.78 is 27.3. The fourth-order valence-corrected chi connectivity index (χ4v) is 4.32. The van der Waals surface area contributed by atoms with Crippen LogP contribution < -0.4 is 4.31 Å². The van der Waals surface area contributed by atoms with Crippen LogP contribution >= 0.6 is 0 Å². The number of rotatable bonds is 2. The molecule has 0 bridgehead atoms. The molecule has 116 valence electrons. The number of aliphatic hydroxyl groups excluding tert-OH is 1. The molecular formula is C17H19NO3S. The number of para-hydroxylation sites is 1. The highest BCUT2D eigenvalue weighted by Gasteiger charge is 2.30. The van der Waals surface area contributed by atoms with Gasteiger partial charge in [-0.25, -0.2) is 8.42 Å². The maximum atomic E-state index is 13.0. The molecule has 0 saturated carbocycles.